The Morgan fingerprint density at radius 1 is 1.43 bits per heavy atom. The Bertz CT molecular complexity index is 544. The number of amides is 2. The number of benzene rings is 1. The van der Waals surface area contributed by atoms with E-state index in [0.717, 1.165) is 12.1 Å². The Balaban J connectivity index is 2.24. The lowest BCUT2D eigenvalue weighted by Crippen LogP contribution is -2.49. The first-order valence-electron chi connectivity index (χ1n) is 7.35. The van der Waals surface area contributed by atoms with Gasteiger partial charge in [0, 0.05) is 24.3 Å². The van der Waals surface area contributed by atoms with E-state index in [1.165, 1.54) is 5.56 Å². The highest BCUT2D eigenvalue weighted by molar-refractivity contribution is 5.95. The average molecular weight is 290 g/mol. The van der Waals surface area contributed by atoms with E-state index < -0.39 is 5.97 Å². The number of nitrogens with zero attached hydrogens (tertiary/aromatic N) is 2. The van der Waals surface area contributed by atoms with E-state index in [1.54, 1.807) is 16.7 Å². The molecule has 2 atom stereocenters. The summed E-state index contributed by atoms with van der Waals surface area (Å²) in [5.41, 5.74) is 2.11. The zero-order chi connectivity index (χ0) is 15.6. The van der Waals surface area contributed by atoms with Crippen molar-refractivity contribution in [1.29, 1.82) is 0 Å². The van der Waals surface area contributed by atoms with Gasteiger partial charge in [-0.1, -0.05) is 18.2 Å². The second kappa shape index (κ2) is 6.16. The number of hydrogen-bond donors (Lipinski definition) is 1. The largest absolute Gasteiger partial charge is 0.481 e. The molecule has 0 fully saturated rings. The summed E-state index contributed by atoms with van der Waals surface area (Å²) < 4.78 is 0. The molecule has 21 heavy (non-hydrogen) atoms. The molecule has 2 rings (SSSR count). The summed E-state index contributed by atoms with van der Waals surface area (Å²) in [7, 11) is 0. The molecule has 1 aromatic carbocycles. The fraction of sp³-hybridized carbons (Fsp3) is 0.500. The van der Waals surface area contributed by atoms with Gasteiger partial charge in [0.25, 0.3) is 0 Å². The van der Waals surface area contributed by atoms with Crippen molar-refractivity contribution in [1.82, 2.24) is 4.90 Å². The average Bonchev–Trinajstić information content (AvgIpc) is 2.74. The molecular weight excluding hydrogens is 268 g/mol. The third-order valence-electron chi connectivity index (χ3n) is 4.00. The van der Waals surface area contributed by atoms with E-state index >= 15 is 0 Å². The minimum Gasteiger partial charge on any atom is -0.481 e. The molecule has 0 saturated heterocycles. The van der Waals surface area contributed by atoms with Crippen molar-refractivity contribution in [3.05, 3.63) is 29.8 Å². The van der Waals surface area contributed by atoms with Crippen LogP contribution < -0.4 is 4.90 Å². The van der Waals surface area contributed by atoms with Crippen molar-refractivity contribution < 1.29 is 14.7 Å². The third-order valence-corrected chi connectivity index (χ3v) is 4.00. The Labute approximate surface area is 125 Å². The Morgan fingerprint density at radius 3 is 2.71 bits per heavy atom. The van der Waals surface area contributed by atoms with E-state index in [0.29, 0.717) is 6.54 Å². The van der Waals surface area contributed by atoms with Gasteiger partial charge in [-0.25, -0.2) is 4.79 Å². The maximum Gasteiger partial charge on any atom is 0.324 e. The summed E-state index contributed by atoms with van der Waals surface area (Å²) in [6.45, 7) is 6.18. The van der Waals surface area contributed by atoms with Gasteiger partial charge < -0.3 is 10.0 Å². The first-order chi connectivity index (χ1) is 9.95. The van der Waals surface area contributed by atoms with Crippen molar-refractivity contribution >= 4 is 17.7 Å². The minimum absolute atomic E-state index is 0.0382. The van der Waals surface area contributed by atoms with Gasteiger partial charge in [0.05, 0.1) is 6.42 Å². The molecule has 1 N–H and O–H groups in total. The monoisotopic (exact) mass is 290 g/mol. The van der Waals surface area contributed by atoms with Crippen molar-refractivity contribution in [2.24, 2.45) is 0 Å². The third kappa shape index (κ3) is 3.01. The Morgan fingerprint density at radius 2 is 2.10 bits per heavy atom. The maximum atomic E-state index is 12.8. The van der Waals surface area contributed by atoms with Crippen LogP contribution >= 0.6 is 0 Å². The van der Waals surface area contributed by atoms with Crippen molar-refractivity contribution in [3.8, 4) is 0 Å². The summed E-state index contributed by atoms with van der Waals surface area (Å²) in [6.07, 6.45) is 0.802. The lowest BCUT2D eigenvalue weighted by molar-refractivity contribution is -0.138. The molecule has 0 saturated carbocycles. The van der Waals surface area contributed by atoms with Gasteiger partial charge in [0.15, 0.2) is 0 Å². The smallest absolute Gasteiger partial charge is 0.324 e. The molecule has 5 heteroatoms. The van der Waals surface area contributed by atoms with Gasteiger partial charge in [-0.3, -0.25) is 9.69 Å². The second-order valence-electron chi connectivity index (χ2n) is 5.57. The van der Waals surface area contributed by atoms with E-state index in [1.807, 2.05) is 38.1 Å². The molecule has 1 aromatic rings. The highest BCUT2D eigenvalue weighted by Gasteiger charge is 2.34. The molecule has 5 nitrogen and oxygen atoms in total. The summed E-state index contributed by atoms with van der Waals surface area (Å²) in [6, 6.07) is 7.56. The van der Waals surface area contributed by atoms with E-state index in [4.69, 9.17) is 5.11 Å². The normalized spacial score (nSPS) is 18.2. The number of rotatable bonds is 4. The predicted octanol–water partition coefficient (Wildman–Crippen LogP) is 2.74. The highest BCUT2D eigenvalue weighted by Crippen LogP contribution is 2.33. The highest BCUT2D eigenvalue weighted by atomic mass is 16.4. The van der Waals surface area contributed by atoms with Gasteiger partial charge in [0.2, 0.25) is 0 Å². The number of carbonyl (C=O) groups is 2. The summed E-state index contributed by atoms with van der Waals surface area (Å²) in [5, 5.41) is 8.93. The lowest BCUT2D eigenvalue weighted by atomic mass is 10.1. The van der Waals surface area contributed by atoms with Crippen LogP contribution in [0.1, 0.15) is 32.8 Å². The molecule has 0 aromatic heterocycles. The van der Waals surface area contributed by atoms with E-state index in [9.17, 15) is 9.59 Å². The molecule has 2 amide bonds. The molecule has 0 bridgehead atoms. The number of carboxylic acid groups (broad SMARTS) is 1. The number of aliphatic carboxylic acids is 1. The minimum atomic E-state index is -0.886. The summed E-state index contributed by atoms with van der Waals surface area (Å²) >= 11 is 0. The van der Waals surface area contributed by atoms with Crippen LogP contribution in [0.25, 0.3) is 0 Å². The molecule has 1 heterocycles. The van der Waals surface area contributed by atoms with Gasteiger partial charge >= 0.3 is 12.0 Å². The van der Waals surface area contributed by atoms with Crippen LogP contribution in [0.5, 0.6) is 0 Å². The quantitative estimate of drug-likeness (QED) is 0.927. The summed E-state index contributed by atoms with van der Waals surface area (Å²) in [5.74, 6) is -0.886. The zero-order valence-corrected chi connectivity index (χ0v) is 12.7. The van der Waals surface area contributed by atoms with Crippen LogP contribution in [-0.2, 0) is 11.2 Å². The SMILES string of the molecule is CCN(C(=O)N1c2ccccc2CC1C)C(C)CC(=O)O. The molecule has 1 aliphatic heterocycles. The number of fused-ring (bicyclic) bond motifs is 1. The number of anilines is 1. The summed E-state index contributed by atoms with van der Waals surface area (Å²) in [4.78, 5) is 27.1. The van der Waals surface area contributed by atoms with E-state index in [2.05, 4.69) is 0 Å². The standard InChI is InChI=1S/C16H22N2O3/c1-4-17(11(2)10-15(19)20)16(21)18-12(3)9-13-7-5-6-8-14(13)18/h5-8,11-12H,4,9-10H2,1-3H3,(H,19,20). The Kier molecular flexibility index (Phi) is 4.50. The number of urea groups is 1. The Hall–Kier alpha value is -2.04. The number of hydrogen-bond acceptors (Lipinski definition) is 2. The van der Waals surface area contributed by atoms with Gasteiger partial charge in [-0.15, -0.1) is 0 Å². The second-order valence-corrected chi connectivity index (χ2v) is 5.57. The van der Waals surface area contributed by atoms with Crippen LogP contribution in [0.3, 0.4) is 0 Å². The van der Waals surface area contributed by atoms with Crippen LogP contribution in [0.15, 0.2) is 24.3 Å². The molecule has 0 aliphatic carbocycles. The van der Waals surface area contributed by atoms with Gasteiger partial charge in [0.1, 0.15) is 0 Å². The molecule has 2 unspecified atom stereocenters. The molecule has 1 aliphatic rings. The van der Waals surface area contributed by atoms with Crippen LogP contribution in [0.2, 0.25) is 0 Å². The molecule has 0 radical (unpaired) electrons. The van der Waals surface area contributed by atoms with Crippen LogP contribution in [0, 0.1) is 0 Å². The van der Waals surface area contributed by atoms with Crippen LogP contribution in [0.4, 0.5) is 10.5 Å². The lowest BCUT2D eigenvalue weighted by Gasteiger charge is -2.33. The van der Waals surface area contributed by atoms with E-state index in [-0.39, 0.29) is 24.5 Å². The van der Waals surface area contributed by atoms with Crippen molar-refractivity contribution in [2.75, 3.05) is 11.4 Å². The van der Waals surface area contributed by atoms with Crippen LogP contribution in [-0.4, -0.2) is 40.6 Å². The first-order valence-corrected chi connectivity index (χ1v) is 7.35. The molecular formula is C16H22N2O3. The number of para-hydroxylation sites is 1. The van der Waals surface area contributed by atoms with Crippen molar-refractivity contribution in [3.63, 3.8) is 0 Å². The van der Waals surface area contributed by atoms with Gasteiger partial charge in [-0.2, -0.15) is 0 Å². The predicted molar refractivity (Wildman–Crippen MR) is 81.6 cm³/mol. The topological polar surface area (TPSA) is 60.9 Å². The maximum absolute atomic E-state index is 12.8. The fourth-order valence-electron chi connectivity index (χ4n) is 2.99. The number of carboxylic acids is 1. The molecule has 114 valence electrons. The number of carbonyl (C=O) groups excluding carboxylic acids is 1. The first kappa shape index (κ1) is 15.4. The van der Waals surface area contributed by atoms with Gasteiger partial charge in [-0.05, 0) is 38.8 Å². The zero-order valence-electron chi connectivity index (χ0n) is 12.7. The van der Waals surface area contributed by atoms with Crippen molar-refractivity contribution in [2.45, 2.75) is 45.7 Å². The fourth-order valence-corrected chi connectivity index (χ4v) is 2.99. The molecule has 0 spiro atoms.